The molecule has 2 N–H and O–H groups in total. The summed E-state index contributed by atoms with van der Waals surface area (Å²) in [7, 11) is 1.59. The number of fused-ring (bicyclic) bond motifs is 1. The smallest absolute Gasteiger partial charge is 0.257 e. The minimum atomic E-state index is -1.19. The summed E-state index contributed by atoms with van der Waals surface area (Å²) in [4.78, 5) is 15.1. The van der Waals surface area contributed by atoms with Gasteiger partial charge in [0.1, 0.15) is 11.9 Å². The summed E-state index contributed by atoms with van der Waals surface area (Å²) in [6, 6.07) is 14.8. The predicted octanol–water partition coefficient (Wildman–Crippen LogP) is 2.23. The number of nitrogens with zero attached hydrogens (tertiary/aromatic N) is 1. The first-order valence-corrected chi connectivity index (χ1v) is 8.53. The number of hydrogen-bond acceptors (Lipinski definition) is 5. The third-order valence-corrected chi connectivity index (χ3v) is 5.37. The van der Waals surface area contributed by atoms with Crippen LogP contribution in [0.3, 0.4) is 0 Å². The summed E-state index contributed by atoms with van der Waals surface area (Å²) in [5.41, 5.74) is 1.57. The van der Waals surface area contributed by atoms with Crippen LogP contribution in [0.4, 0.5) is 5.69 Å². The molecule has 0 aromatic heterocycles. The first-order chi connectivity index (χ1) is 11.7. The Morgan fingerprint density at radius 1 is 1.17 bits per heavy atom. The molecule has 1 aliphatic rings. The molecule has 2 atom stereocenters. The van der Waals surface area contributed by atoms with Crippen LogP contribution in [-0.2, 0) is 4.79 Å². The molecular formula is C18H19NO4S. The zero-order valence-corrected chi connectivity index (χ0v) is 14.1. The second-order valence-corrected chi connectivity index (χ2v) is 6.62. The molecule has 0 bridgehead atoms. The van der Waals surface area contributed by atoms with Crippen molar-refractivity contribution in [3.8, 4) is 5.75 Å². The summed E-state index contributed by atoms with van der Waals surface area (Å²) < 4.78 is 5.16. The molecule has 0 aliphatic carbocycles. The first kappa shape index (κ1) is 16.8. The van der Waals surface area contributed by atoms with E-state index in [-0.39, 0.29) is 13.2 Å². The topological polar surface area (TPSA) is 70.0 Å². The summed E-state index contributed by atoms with van der Waals surface area (Å²) in [6.45, 7) is -0.00649. The van der Waals surface area contributed by atoms with E-state index in [0.717, 1.165) is 21.9 Å². The number of ether oxygens (including phenoxy) is 1. The molecule has 1 amide bonds. The summed E-state index contributed by atoms with van der Waals surface area (Å²) in [5, 5.41) is 19.5. The van der Waals surface area contributed by atoms with E-state index in [1.807, 2.05) is 48.5 Å². The Balaban J connectivity index is 2.02. The molecule has 0 saturated carbocycles. The van der Waals surface area contributed by atoms with Gasteiger partial charge in [-0.05, 0) is 29.8 Å². The van der Waals surface area contributed by atoms with Gasteiger partial charge in [-0.3, -0.25) is 4.79 Å². The van der Waals surface area contributed by atoms with Crippen molar-refractivity contribution in [1.29, 1.82) is 0 Å². The molecule has 0 fully saturated rings. The van der Waals surface area contributed by atoms with E-state index in [2.05, 4.69) is 0 Å². The van der Waals surface area contributed by atoms with Crippen molar-refractivity contribution in [3.63, 3.8) is 0 Å². The number of aliphatic hydroxyl groups is 2. The Morgan fingerprint density at radius 2 is 1.88 bits per heavy atom. The molecule has 0 spiro atoms. The number of para-hydroxylation sites is 1. The van der Waals surface area contributed by atoms with Gasteiger partial charge in [-0.1, -0.05) is 24.3 Å². The van der Waals surface area contributed by atoms with Crippen LogP contribution in [0.2, 0.25) is 0 Å². The Hall–Kier alpha value is -2.02. The quantitative estimate of drug-likeness (QED) is 0.889. The van der Waals surface area contributed by atoms with Gasteiger partial charge in [-0.25, -0.2) is 0 Å². The molecule has 1 heterocycles. The van der Waals surface area contributed by atoms with Gasteiger partial charge in [0.05, 0.1) is 24.7 Å². The van der Waals surface area contributed by atoms with Crippen LogP contribution in [0.5, 0.6) is 5.75 Å². The number of benzene rings is 2. The lowest BCUT2D eigenvalue weighted by atomic mass is 10.1. The number of hydrogen-bond donors (Lipinski definition) is 2. The predicted molar refractivity (Wildman–Crippen MR) is 93.5 cm³/mol. The zero-order valence-electron chi connectivity index (χ0n) is 13.3. The molecule has 24 heavy (non-hydrogen) atoms. The van der Waals surface area contributed by atoms with Crippen molar-refractivity contribution >= 4 is 23.4 Å². The normalized spacial score (nSPS) is 20.5. The van der Waals surface area contributed by atoms with Gasteiger partial charge in [0.2, 0.25) is 0 Å². The van der Waals surface area contributed by atoms with Crippen LogP contribution in [0.15, 0.2) is 53.4 Å². The highest BCUT2D eigenvalue weighted by Crippen LogP contribution is 2.45. The highest BCUT2D eigenvalue weighted by molar-refractivity contribution is 7.99. The minimum absolute atomic E-state index is 0.156. The molecule has 126 valence electrons. The first-order valence-electron chi connectivity index (χ1n) is 7.65. The second kappa shape index (κ2) is 7.25. The number of carbonyl (C=O) groups is 1. The maximum Gasteiger partial charge on any atom is 0.257 e. The zero-order chi connectivity index (χ0) is 17.1. The Labute approximate surface area is 144 Å². The summed E-state index contributed by atoms with van der Waals surface area (Å²) in [5.74, 6) is 0.322. The summed E-state index contributed by atoms with van der Waals surface area (Å²) >= 11 is 1.45. The largest absolute Gasteiger partial charge is 0.497 e. The molecule has 3 rings (SSSR count). The van der Waals surface area contributed by atoms with Crippen molar-refractivity contribution in [2.24, 2.45) is 0 Å². The van der Waals surface area contributed by atoms with E-state index in [0.29, 0.717) is 0 Å². The Morgan fingerprint density at radius 3 is 2.54 bits per heavy atom. The maximum absolute atomic E-state index is 12.7. The van der Waals surface area contributed by atoms with Gasteiger partial charge < -0.3 is 19.8 Å². The molecule has 5 nitrogen and oxygen atoms in total. The van der Waals surface area contributed by atoms with Crippen LogP contribution in [0.25, 0.3) is 0 Å². The number of methoxy groups -OCH3 is 1. The lowest BCUT2D eigenvalue weighted by Crippen LogP contribution is -2.41. The number of anilines is 1. The second-order valence-electron chi connectivity index (χ2n) is 5.44. The van der Waals surface area contributed by atoms with Gasteiger partial charge >= 0.3 is 0 Å². The molecule has 1 aliphatic heterocycles. The number of rotatable bonds is 4. The van der Waals surface area contributed by atoms with Crippen molar-refractivity contribution in [2.45, 2.75) is 16.2 Å². The number of amides is 1. The molecule has 0 saturated heterocycles. The van der Waals surface area contributed by atoms with Gasteiger partial charge in [-0.15, -0.1) is 11.8 Å². The third-order valence-electron chi connectivity index (χ3n) is 3.98. The lowest BCUT2D eigenvalue weighted by Gasteiger charge is -2.24. The SMILES string of the molecule is COc1ccc([C@@H]2Sc3ccccc3N(CCO)C(=O)C2O)cc1. The molecule has 1 unspecified atom stereocenters. The van der Waals surface area contributed by atoms with Crippen molar-refractivity contribution in [3.05, 3.63) is 54.1 Å². The van der Waals surface area contributed by atoms with E-state index < -0.39 is 17.3 Å². The van der Waals surface area contributed by atoms with Crippen LogP contribution in [0, 0.1) is 0 Å². The van der Waals surface area contributed by atoms with E-state index >= 15 is 0 Å². The van der Waals surface area contributed by atoms with Gasteiger partial charge in [0.25, 0.3) is 5.91 Å². The molecule has 6 heteroatoms. The fourth-order valence-electron chi connectivity index (χ4n) is 2.76. The molecule has 2 aromatic rings. The van der Waals surface area contributed by atoms with Crippen LogP contribution in [-0.4, -0.2) is 42.5 Å². The Bertz CT molecular complexity index is 719. The van der Waals surface area contributed by atoms with Crippen LogP contribution in [0.1, 0.15) is 10.8 Å². The van der Waals surface area contributed by atoms with Crippen molar-refractivity contribution < 1.29 is 19.7 Å². The summed E-state index contributed by atoms with van der Waals surface area (Å²) in [6.07, 6.45) is -1.19. The number of carbonyl (C=O) groups excluding carboxylic acids is 1. The average molecular weight is 345 g/mol. The van der Waals surface area contributed by atoms with E-state index in [9.17, 15) is 15.0 Å². The highest BCUT2D eigenvalue weighted by Gasteiger charge is 2.36. The van der Waals surface area contributed by atoms with Crippen molar-refractivity contribution in [2.75, 3.05) is 25.2 Å². The fraction of sp³-hybridized carbons (Fsp3) is 0.278. The molecule has 0 radical (unpaired) electrons. The highest BCUT2D eigenvalue weighted by atomic mass is 32.2. The van der Waals surface area contributed by atoms with Gasteiger partial charge in [-0.2, -0.15) is 0 Å². The van der Waals surface area contributed by atoms with Gasteiger partial charge in [0, 0.05) is 11.4 Å². The average Bonchev–Trinajstić information content (AvgIpc) is 2.73. The monoisotopic (exact) mass is 345 g/mol. The van der Waals surface area contributed by atoms with Gasteiger partial charge in [0.15, 0.2) is 0 Å². The Kier molecular flexibility index (Phi) is 5.08. The standard InChI is InChI=1S/C18H19NO4S/c1-23-13-8-6-12(7-9-13)17-16(21)18(22)19(10-11-20)14-4-2-3-5-15(14)24-17/h2-9,16-17,20-21H,10-11H2,1H3/t16?,17-/m0/s1. The molecule has 2 aromatic carbocycles. The van der Waals surface area contributed by atoms with Crippen LogP contribution < -0.4 is 9.64 Å². The van der Waals surface area contributed by atoms with Crippen LogP contribution >= 0.6 is 11.8 Å². The lowest BCUT2D eigenvalue weighted by molar-refractivity contribution is -0.126. The number of thioether (sulfide) groups is 1. The number of aliphatic hydroxyl groups excluding tert-OH is 2. The van der Waals surface area contributed by atoms with E-state index in [1.165, 1.54) is 16.7 Å². The number of β-amino-alcohol motifs (C(OH)–C–C–N with tert-alkyl or cyclic N) is 1. The minimum Gasteiger partial charge on any atom is -0.497 e. The van der Waals surface area contributed by atoms with Crippen molar-refractivity contribution in [1.82, 2.24) is 0 Å². The third kappa shape index (κ3) is 3.13. The fourth-order valence-corrected chi connectivity index (χ4v) is 4.03. The van der Waals surface area contributed by atoms with E-state index in [4.69, 9.17) is 4.74 Å². The maximum atomic E-state index is 12.7. The molecular weight excluding hydrogens is 326 g/mol. The van der Waals surface area contributed by atoms with E-state index in [1.54, 1.807) is 7.11 Å².